The second-order valence-electron chi connectivity index (χ2n) is 2.94. The van der Waals surface area contributed by atoms with E-state index in [9.17, 15) is 0 Å². The van der Waals surface area contributed by atoms with Crippen molar-refractivity contribution in [3.63, 3.8) is 0 Å². The Morgan fingerprint density at radius 2 is 2.30 bits per heavy atom. The molecule has 2 heteroatoms. The van der Waals surface area contributed by atoms with E-state index in [2.05, 4.69) is 19.9 Å². The quantitative estimate of drug-likeness (QED) is 0.697. The van der Waals surface area contributed by atoms with Crippen LogP contribution >= 0.6 is 11.3 Å². The van der Waals surface area contributed by atoms with E-state index in [0.717, 1.165) is 18.0 Å². The van der Waals surface area contributed by atoms with Gasteiger partial charge >= 0.3 is 0 Å². The van der Waals surface area contributed by atoms with Gasteiger partial charge in [0.1, 0.15) is 0 Å². The summed E-state index contributed by atoms with van der Waals surface area (Å²) in [6.07, 6.45) is 1.15. The van der Waals surface area contributed by atoms with Gasteiger partial charge in [0.25, 0.3) is 0 Å². The Morgan fingerprint density at radius 1 is 1.60 bits per heavy atom. The molecule has 10 heavy (non-hydrogen) atoms. The predicted molar refractivity (Wildman–Crippen MR) is 47.3 cm³/mol. The molecule has 1 heterocycles. The molecule has 0 fully saturated rings. The molecule has 0 unspecified atom stereocenters. The summed E-state index contributed by atoms with van der Waals surface area (Å²) in [7, 11) is 0. The van der Waals surface area contributed by atoms with Gasteiger partial charge < -0.3 is 5.73 Å². The van der Waals surface area contributed by atoms with Crippen LogP contribution in [0.4, 0.5) is 5.69 Å². The van der Waals surface area contributed by atoms with Crippen molar-refractivity contribution in [2.75, 3.05) is 5.73 Å². The predicted octanol–water partition coefficient (Wildman–Crippen LogP) is 2.53. The Kier molecular flexibility index (Phi) is 2.33. The summed E-state index contributed by atoms with van der Waals surface area (Å²) >= 11 is 1.75. The van der Waals surface area contributed by atoms with Gasteiger partial charge in [-0.2, -0.15) is 0 Å². The fourth-order valence-electron chi connectivity index (χ4n) is 0.907. The van der Waals surface area contributed by atoms with Crippen molar-refractivity contribution in [3.8, 4) is 0 Å². The Bertz CT molecular complexity index is 203. The van der Waals surface area contributed by atoms with E-state index >= 15 is 0 Å². The molecule has 1 aromatic heterocycles. The van der Waals surface area contributed by atoms with E-state index in [0.29, 0.717) is 0 Å². The molecule has 0 aliphatic carbocycles. The lowest BCUT2D eigenvalue weighted by Crippen LogP contribution is -1.90. The number of hydrogen-bond donors (Lipinski definition) is 1. The van der Waals surface area contributed by atoms with Crippen LogP contribution in [0.1, 0.15) is 18.7 Å². The highest BCUT2D eigenvalue weighted by Gasteiger charge is 1.99. The minimum Gasteiger partial charge on any atom is -0.398 e. The molecular weight excluding hydrogens is 142 g/mol. The summed E-state index contributed by atoms with van der Waals surface area (Å²) in [5, 5.41) is 2.00. The standard InChI is InChI=1S/C8H13NS/c1-6(2)3-8-4-7(9)5-10-8/h4-6H,3,9H2,1-2H3. The smallest absolute Gasteiger partial charge is 0.0425 e. The van der Waals surface area contributed by atoms with Gasteiger partial charge in [0.15, 0.2) is 0 Å². The van der Waals surface area contributed by atoms with Gasteiger partial charge in [0.05, 0.1) is 0 Å². The molecule has 0 spiro atoms. The second-order valence-corrected chi connectivity index (χ2v) is 3.94. The zero-order valence-corrected chi connectivity index (χ0v) is 7.24. The van der Waals surface area contributed by atoms with Gasteiger partial charge in [-0.05, 0) is 18.4 Å². The third kappa shape index (κ3) is 2.03. The monoisotopic (exact) mass is 155 g/mol. The molecule has 0 bridgehead atoms. The molecule has 0 aliphatic heterocycles. The molecule has 1 rings (SSSR count). The Morgan fingerprint density at radius 3 is 2.70 bits per heavy atom. The van der Waals surface area contributed by atoms with Crippen LogP contribution in [0.15, 0.2) is 11.4 Å². The maximum atomic E-state index is 5.56. The van der Waals surface area contributed by atoms with Gasteiger partial charge in [-0.15, -0.1) is 11.3 Å². The molecule has 0 radical (unpaired) electrons. The van der Waals surface area contributed by atoms with Gasteiger partial charge in [0.2, 0.25) is 0 Å². The lowest BCUT2D eigenvalue weighted by atomic mass is 10.1. The van der Waals surface area contributed by atoms with Gasteiger partial charge in [-0.1, -0.05) is 13.8 Å². The number of hydrogen-bond acceptors (Lipinski definition) is 2. The van der Waals surface area contributed by atoms with E-state index in [-0.39, 0.29) is 0 Å². The fraction of sp³-hybridized carbons (Fsp3) is 0.500. The first-order valence-corrected chi connectivity index (χ1v) is 4.39. The number of nitrogen functional groups attached to an aromatic ring is 1. The van der Waals surface area contributed by atoms with Crippen LogP contribution < -0.4 is 5.73 Å². The average Bonchev–Trinajstić information content (AvgIpc) is 2.13. The van der Waals surface area contributed by atoms with Crippen molar-refractivity contribution in [2.45, 2.75) is 20.3 Å². The van der Waals surface area contributed by atoms with Crippen LogP contribution in [0.3, 0.4) is 0 Å². The molecule has 2 N–H and O–H groups in total. The van der Waals surface area contributed by atoms with Crippen molar-refractivity contribution < 1.29 is 0 Å². The molecule has 56 valence electrons. The molecule has 1 aromatic rings. The maximum absolute atomic E-state index is 5.56. The third-order valence-electron chi connectivity index (χ3n) is 1.28. The summed E-state index contributed by atoms with van der Waals surface area (Å²) in [6, 6.07) is 2.06. The first-order chi connectivity index (χ1) is 4.68. The first kappa shape index (κ1) is 7.61. The zero-order valence-electron chi connectivity index (χ0n) is 6.42. The Labute approximate surface area is 65.9 Å². The minimum atomic E-state index is 0.734. The third-order valence-corrected chi connectivity index (χ3v) is 2.26. The van der Waals surface area contributed by atoms with Gasteiger partial charge in [-0.3, -0.25) is 0 Å². The largest absolute Gasteiger partial charge is 0.398 e. The number of nitrogens with two attached hydrogens (primary N) is 1. The van der Waals surface area contributed by atoms with Crippen molar-refractivity contribution in [1.29, 1.82) is 0 Å². The SMILES string of the molecule is CC(C)Cc1cc(N)cs1. The molecule has 1 nitrogen and oxygen atoms in total. The van der Waals surface area contributed by atoms with Gasteiger partial charge in [0, 0.05) is 15.9 Å². The van der Waals surface area contributed by atoms with Crippen LogP contribution in [0.2, 0.25) is 0 Å². The van der Waals surface area contributed by atoms with Crippen LogP contribution in [0.5, 0.6) is 0 Å². The Hall–Kier alpha value is -0.500. The maximum Gasteiger partial charge on any atom is 0.0425 e. The molecule has 0 saturated carbocycles. The molecule has 0 amide bonds. The molecule has 0 aromatic carbocycles. The van der Waals surface area contributed by atoms with E-state index in [1.54, 1.807) is 11.3 Å². The summed E-state index contributed by atoms with van der Waals surface area (Å²) in [6.45, 7) is 4.44. The van der Waals surface area contributed by atoms with E-state index in [4.69, 9.17) is 5.73 Å². The highest BCUT2D eigenvalue weighted by molar-refractivity contribution is 7.10. The van der Waals surface area contributed by atoms with E-state index in [1.807, 2.05) is 5.38 Å². The van der Waals surface area contributed by atoms with Gasteiger partial charge in [-0.25, -0.2) is 0 Å². The van der Waals surface area contributed by atoms with Crippen molar-refractivity contribution in [1.82, 2.24) is 0 Å². The molecule has 0 saturated heterocycles. The van der Waals surface area contributed by atoms with Crippen molar-refractivity contribution in [3.05, 3.63) is 16.3 Å². The summed E-state index contributed by atoms with van der Waals surface area (Å²) in [5.41, 5.74) is 6.47. The highest BCUT2D eigenvalue weighted by Crippen LogP contribution is 2.19. The number of anilines is 1. The topological polar surface area (TPSA) is 26.0 Å². The average molecular weight is 155 g/mol. The second kappa shape index (κ2) is 3.06. The normalized spacial score (nSPS) is 10.7. The lowest BCUT2D eigenvalue weighted by molar-refractivity contribution is 0.654. The minimum absolute atomic E-state index is 0.734. The highest BCUT2D eigenvalue weighted by atomic mass is 32.1. The van der Waals surface area contributed by atoms with E-state index in [1.165, 1.54) is 4.88 Å². The fourth-order valence-corrected chi connectivity index (χ4v) is 1.90. The number of rotatable bonds is 2. The number of thiophene rings is 1. The summed E-state index contributed by atoms with van der Waals surface area (Å²) in [5.74, 6) is 0.734. The van der Waals surface area contributed by atoms with Crippen LogP contribution in [-0.4, -0.2) is 0 Å². The summed E-state index contributed by atoms with van der Waals surface area (Å²) in [4.78, 5) is 1.40. The molecule has 0 aliphatic rings. The van der Waals surface area contributed by atoms with Crippen LogP contribution in [0.25, 0.3) is 0 Å². The van der Waals surface area contributed by atoms with Crippen molar-refractivity contribution in [2.24, 2.45) is 5.92 Å². The lowest BCUT2D eigenvalue weighted by Gasteiger charge is -1.98. The van der Waals surface area contributed by atoms with Crippen LogP contribution in [-0.2, 0) is 6.42 Å². The first-order valence-electron chi connectivity index (χ1n) is 3.51. The Balaban J connectivity index is 2.58. The van der Waals surface area contributed by atoms with Crippen molar-refractivity contribution >= 4 is 17.0 Å². The summed E-state index contributed by atoms with van der Waals surface area (Å²) < 4.78 is 0. The zero-order chi connectivity index (χ0) is 7.56. The van der Waals surface area contributed by atoms with Crippen LogP contribution in [0, 0.1) is 5.92 Å². The van der Waals surface area contributed by atoms with E-state index < -0.39 is 0 Å². The molecular formula is C8H13NS. The molecule has 0 atom stereocenters.